The lowest BCUT2D eigenvalue weighted by atomic mass is 9.53. The van der Waals surface area contributed by atoms with Gasteiger partial charge in [0.1, 0.15) is 0 Å². The molecule has 0 aliphatic heterocycles. The first-order chi connectivity index (χ1) is 40.4. The second-order valence-corrected chi connectivity index (χ2v) is 29.8. The average Bonchev–Trinajstić information content (AvgIpc) is 4.06. The summed E-state index contributed by atoms with van der Waals surface area (Å²) in [6, 6.07) is 0. The van der Waals surface area contributed by atoms with Gasteiger partial charge in [-0.05, 0) is 111 Å². The van der Waals surface area contributed by atoms with E-state index in [1.54, 1.807) is 83.5 Å². The molecule has 2 saturated carbocycles. The van der Waals surface area contributed by atoms with E-state index in [1.807, 2.05) is 0 Å². The van der Waals surface area contributed by atoms with E-state index < -0.39 is 0 Å². The zero-order chi connectivity index (χ0) is 59.7. The lowest BCUT2D eigenvalue weighted by Gasteiger charge is -2.51. The maximum atomic E-state index is 2.37. The third kappa shape index (κ3) is 35.9. The van der Waals surface area contributed by atoms with Crippen molar-refractivity contribution in [3.63, 3.8) is 0 Å². The summed E-state index contributed by atoms with van der Waals surface area (Å²) >= 11 is 0. The van der Waals surface area contributed by atoms with Crippen molar-refractivity contribution in [2.75, 3.05) is 0 Å². The van der Waals surface area contributed by atoms with Crippen molar-refractivity contribution in [1.29, 1.82) is 0 Å². The lowest BCUT2D eigenvalue weighted by Crippen LogP contribution is -2.42. The molecule has 0 nitrogen and oxygen atoms in total. The van der Waals surface area contributed by atoms with Crippen LogP contribution in [-0.2, 0) is 0 Å². The fourth-order valence-corrected chi connectivity index (χ4v) is 17.9. The third-order valence-electron chi connectivity index (χ3n) is 23.2. The Balaban J connectivity index is 0.000000836. The molecule has 1 unspecified atom stereocenters. The van der Waals surface area contributed by atoms with Crippen LogP contribution in [0, 0.1) is 27.6 Å². The normalized spacial score (nSPS) is 17.0. The molecule has 2 rings (SSSR count). The minimum absolute atomic E-state index is 0.652. The minimum atomic E-state index is 0.652. The van der Waals surface area contributed by atoms with Crippen molar-refractivity contribution in [2.45, 2.75) is 499 Å². The molecule has 0 heterocycles. The Kier molecular flexibility index (Phi) is 56.0. The minimum Gasteiger partial charge on any atom is -0.0654 e. The van der Waals surface area contributed by atoms with Crippen LogP contribution in [0.3, 0.4) is 0 Å². The fraction of sp³-hybridized carbons (Fsp3) is 1.00. The van der Waals surface area contributed by atoms with Gasteiger partial charge in [0.15, 0.2) is 0 Å². The predicted octanol–water partition coefficient (Wildman–Crippen LogP) is 31.3. The summed E-state index contributed by atoms with van der Waals surface area (Å²) in [5, 5.41) is 0. The molecule has 492 valence electrons. The van der Waals surface area contributed by atoms with Gasteiger partial charge < -0.3 is 0 Å². The highest BCUT2D eigenvalue weighted by molar-refractivity contribution is 5.07. The van der Waals surface area contributed by atoms with Gasteiger partial charge in [0, 0.05) is 0 Å². The van der Waals surface area contributed by atoms with Gasteiger partial charge in [0.2, 0.25) is 0 Å². The zero-order valence-corrected chi connectivity index (χ0v) is 59.7. The molecule has 0 aromatic heterocycles. The molecule has 0 radical (unpaired) electrons. The first-order valence-corrected chi connectivity index (χ1v) is 40.4. The van der Waals surface area contributed by atoms with Gasteiger partial charge in [-0.15, -0.1) is 0 Å². The van der Waals surface area contributed by atoms with Crippen molar-refractivity contribution in [3.05, 3.63) is 0 Å². The van der Waals surface area contributed by atoms with Crippen LogP contribution in [0.15, 0.2) is 0 Å². The van der Waals surface area contributed by atoms with Crippen LogP contribution in [0.1, 0.15) is 499 Å². The Bertz CT molecular complexity index is 1130. The van der Waals surface area contributed by atoms with Crippen molar-refractivity contribution >= 4 is 0 Å². The summed E-state index contributed by atoms with van der Waals surface area (Å²) in [7, 11) is 0. The quantitative estimate of drug-likeness (QED) is 0.0533. The van der Waals surface area contributed by atoms with Crippen LogP contribution >= 0.6 is 0 Å². The molecular formula is C82H164. The fourth-order valence-electron chi connectivity index (χ4n) is 17.9. The second kappa shape index (κ2) is 57.4. The monoisotopic (exact) mass is 1150 g/mol. The Hall–Kier alpha value is 0. The van der Waals surface area contributed by atoms with Crippen LogP contribution < -0.4 is 0 Å². The van der Waals surface area contributed by atoms with E-state index in [9.17, 15) is 0 Å². The molecule has 0 N–H and O–H groups in total. The Morgan fingerprint density at radius 3 is 0.634 bits per heavy atom. The van der Waals surface area contributed by atoms with Crippen molar-refractivity contribution in [2.24, 2.45) is 27.6 Å². The van der Waals surface area contributed by atoms with Gasteiger partial charge >= 0.3 is 0 Å². The summed E-state index contributed by atoms with van der Waals surface area (Å²) in [4.78, 5) is 0. The van der Waals surface area contributed by atoms with E-state index in [4.69, 9.17) is 0 Å². The number of rotatable bonds is 63. The standard InChI is InChI=1S/C45H90.C37H74/c1-6-11-16-21-26-31-36-43-37-42-44(38-32-27-22-17-12-7-2,39-33-28-23-18-13-8-3)45(43,40-34-29-24-19-14-9-4)41-35-30-25-20-15-10-5;1-5-9-13-17-21-25-30-36(31-26-22-18-14-10-6-2)34-29-35-37(36,32-27-23-19-15-11-7-3)33-28-24-20-16-12-8-4/h43H,6-42H2,1-5H3;5-35H2,1-4H3. The maximum Gasteiger partial charge on any atom is -0.0213 e. The molecule has 0 spiro atoms. The largest absolute Gasteiger partial charge is 0.0654 e. The molecular weight excluding hydrogens is 985 g/mol. The SMILES string of the molecule is CCCCCCCCC1(CCCCCCCC)CCCC1(CCCCCCCC)CCCCCCCC.CCCCCCCCC1CCC(CCCCCCCC)(CCCCCCCC)C1(CCCCCCCC)CCCCCCCC. The topological polar surface area (TPSA) is 0 Å². The van der Waals surface area contributed by atoms with Gasteiger partial charge in [-0.2, -0.15) is 0 Å². The van der Waals surface area contributed by atoms with Gasteiger partial charge in [0.25, 0.3) is 0 Å². The van der Waals surface area contributed by atoms with E-state index in [0.717, 1.165) is 5.92 Å². The molecule has 2 fully saturated rings. The van der Waals surface area contributed by atoms with E-state index in [-0.39, 0.29) is 0 Å². The number of hydrogen-bond donors (Lipinski definition) is 0. The Morgan fingerprint density at radius 1 is 0.195 bits per heavy atom. The molecule has 0 heteroatoms. The van der Waals surface area contributed by atoms with Gasteiger partial charge in [0.05, 0.1) is 0 Å². The predicted molar refractivity (Wildman–Crippen MR) is 378 cm³/mol. The zero-order valence-electron chi connectivity index (χ0n) is 59.7. The average molecular weight is 1150 g/mol. The van der Waals surface area contributed by atoms with Crippen molar-refractivity contribution < 1.29 is 0 Å². The van der Waals surface area contributed by atoms with Crippen molar-refractivity contribution in [1.82, 2.24) is 0 Å². The molecule has 0 amide bonds. The smallest absolute Gasteiger partial charge is 0.0213 e. The third-order valence-corrected chi connectivity index (χ3v) is 23.2. The summed E-state index contributed by atoms with van der Waals surface area (Å²) in [6.45, 7) is 21.3. The summed E-state index contributed by atoms with van der Waals surface area (Å²) in [5.74, 6) is 1.02. The Morgan fingerprint density at radius 2 is 0.390 bits per heavy atom. The lowest BCUT2D eigenvalue weighted by molar-refractivity contribution is -0.0152. The van der Waals surface area contributed by atoms with Crippen LogP contribution in [0.4, 0.5) is 0 Å². The summed E-state index contributed by atoms with van der Waals surface area (Å²) in [6.07, 6.45) is 101. The van der Waals surface area contributed by atoms with E-state index in [0.29, 0.717) is 21.7 Å². The summed E-state index contributed by atoms with van der Waals surface area (Å²) < 4.78 is 0. The van der Waals surface area contributed by atoms with Crippen LogP contribution in [0.2, 0.25) is 0 Å². The molecule has 2 aliphatic rings. The van der Waals surface area contributed by atoms with Gasteiger partial charge in [-0.3, -0.25) is 0 Å². The first kappa shape index (κ1) is 80.0. The van der Waals surface area contributed by atoms with Crippen LogP contribution in [-0.4, -0.2) is 0 Å². The molecule has 2 aliphatic carbocycles. The van der Waals surface area contributed by atoms with E-state index >= 15 is 0 Å². The van der Waals surface area contributed by atoms with Gasteiger partial charge in [-0.1, -0.05) is 415 Å². The first-order valence-electron chi connectivity index (χ1n) is 40.4. The molecule has 0 bridgehead atoms. The highest BCUT2D eigenvalue weighted by Gasteiger charge is 2.57. The van der Waals surface area contributed by atoms with Crippen LogP contribution in [0.5, 0.6) is 0 Å². The molecule has 1 atom stereocenters. The highest BCUT2D eigenvalue weighted by atomic mass is 14.6. The molecule has 82 heavy (non-hydrogen) atoms. The van der Waals surface area contributed by atoms with Gasteiger partial charge in [-0.25, -0.2) is 0 Å². The molecule has 0 saturated heterocycles. The second-order valence-electron chi connectivity index (χ2n) is 29.8. The molecule has 0 aromatic carbocycles. The van der Waals surface area contributed by atoms with Crippen LogP contribution in [0.25, 0.3) is 0 Å². The highest BCUT2D eigenvalue weighted by Crippen LogP contribution is 2.67. The summed E-state index contributed by atoms with van der Waals surface area (Å²) in [5.41, 5.74) is 2.69. The maximum absolute atomic E-state index is 2.37. The Labute approximate surface area is 523 Å². The van der Waals surface area contributed by atoms with E-state index in [1.165, 1.54) is 353 Å². The van der Waals surface area contributed by atoms with Crippen molar-refractivity contribution in [3.8, 4) is 0 Å². The molecule has 0 aromatic rings. The number of hydrogen-bond acceptors (Lipinski definition) is 0. The van der Waals surface area contributed by atoms with E-state index in [2.05, 4.69) is 62.3 Å². The number of unbranched alkanes of at least 4 members (excludes halogenated alkanes) is 45.